The van der Waals surface area contributed by atoms with Gasteiger partial charge in [-0.1, -0.05) is 6.07 Å². The summed E-state index contributed by atoms with van der Waals surface area (Å²) >= 11 is 0. The molecular formula is C17H24N2O3S. The van der Waals surface area contributed by atoms with E-state index in [1.165, 1.54) is 0 Å². The van der Waals surface area contributed by atoms with Crippen LogP contribution in [0, 0.1) is 13.8 Å². The molecule has 5 nitrogen and oxygen atoms in total. The van der Waals surface area contributed by atoms with Gasteiger partial charge in [0.15, 0.2) is 9.84 Å². The minimum absolute atomic E-state index is 0.0464. The molecule has 1 aromatic carbocycles. The van der Waals surface area contributed by atoms with E-state index in [1.54, 1.807) is 6.07 Å². The average molecular weight is 336 g/mol. The number of hydrogen-bond acceptors (Lipinski definition) is 4. The van der Waals surface area contributed by atoms with Crippen molar-refractivity contribution in [2.45, 2.75) is 38.8 Å². The molecule has 1 amide bonds. The van der Waals surface area contributed by atoms with Gasteiger partial charge in [-0.05, 0) is 63.0 Å². The summed E-state index contributed by atoms with van der Waals surface area (Å²) in [5.41, 5.74) is 2.80. The summed E-state index contributed by atoms with van der Waals surface area (Å²) in [7, 11) is -3.08. The van der Waals surface area contributed by atoms with Crippen molar-refractivity contribution in [3.05, 3.63) is 34.9 Å². The molecule has 1 N–H and O–H groups in total. The molecule has 2 atom stereocenters. The highest BCUT2D eigenvalue weighted by Gasteiger charge is 2.42. The molecule has 2 aliphatic rings. The number of amides is 1. The fourth-order valence-electron chi connectivity index (χ4n) is 3.53. The number of benzene rings is 1. The van der Waals surface area contributed by atoms with Gasteiger partial charge in [-0.3, -0.25) is 9.69 Å². The van der Waals surface area contributed by atoms with Crippen molar-refractivity contribution in [1.82, 2.24) is 10.2 Å². The first-order valence-corrected chi connectivity index (χ1v) is 10.0. The summed E-state index contributed by atoms with van der Waals surface area (Å²) in [5.74, 6) is 0.0229. The molecule has 0 saturated carbocycles. The van der Waals surface area contributed by atoms with Crippen LogP contribution in [0.1, 0.15) is 34.3 Å². The zero-order valence-corrected chi connectivity index (χ0v) is 14.5. The van der Waals surface area contributed by atoms with E-state index in [-0.39, 0.29) is 29.5 Å². The number of nitrogens with one attached hydrogen (secondary N) is 1. The summed E-state index contributed by atoms with van der Waals surface area (Å²) in [6, 6.07) is 5.18. The number of aryl methyl sites for hydroxylation is 2. The van der Waals surface area contributed by atoms with Crippen molar-refractivity contribution in [1.29, 1.82) is 0 Å². The molecule has 0 aromatic heterocycles. The first-order valence-electron chi connectivity index (χ1n) is 8.18. The lowest BCUT2D eigenvalue weighted by atomic mass is 10.0. The lowest BCUT2D eigenvalue weighted by molar-refractivity contribution is 0.0918. The van der Waals surface area contributed by atoms with E-state index >= 15 is 0 Å². The summed E-state index contributed by atoms with van der Waals surface area (Å²) in [6.45, 7) is 5.83. The molecule has 3 rings (SSSR count). The van der Waals surface area contributed by atoms with Crippen molar-refractivity contribution in [2.24, 2.45) is 0 Å². The van der Waals surface area contributed by atoms with Gasteiger partial charge in [-0.15, -0.1) is 0 Å². The van der Waals surface area contributed by atoms with Gasteiger partial charge in [0.1, 0.15) is 0 Å². The lowest BCUT2D eigenvalue weighted by Gasteiger charge is -2.28. The Bertz CT molecular complexity index is 709. The maximum atomic E-state index is 12.5. The Morgan fingerprint density at radius 3 is 2.48 bits per heavy atom. The maximum absolute atomic E-state index is 12.5. The monoisotopic (exact) mass is 336 g/mol. The Kier molecular flexibility index (Phi) is 4.47. The number of carbonyl (C=O) groups excluding carboxylic acids is 1. The molecule has 0 spiro atoms. The Morgan fingerprint density at radius 1 is 1.13 bits per heavy atom. The van der Waals surface area contributed by atoms with Gasteiger partial charge in [0.2, 0.25) is 0 Å². The van der Waals surface area contributed by atoms with E-state index in [2.05, 4.69) is 10.2 Å². The van der Waals surface area contributed by atoms with E-state index in [0.717, 1.165) is 37.1 Å². The summed E-state index contributed by atoms with van der Waals surface area (Å²) in [6.07, 6.45) is 2.21. The molecule has 0 unspecified atom stereocenters. The van der Waals surface area contributed by atoms with E-state index in [9.17, 15) is 13.2 Å². The van der Waals surface area contributed by atoms with Crippen molar-refractivity contribution in [3.63, 3.8) is 0 Å². The molecule has 0 bridgehead atoms. The van der Waals surface area contributed by atoms with Crippen molar-refractivity contribution in [2.75, 3.05) is 24.6 Å². The molecule has 2 aliphatic heterocycles. The second-order valence-electron chi connectivity index (χ2n) is 6.77. The summed E-state index contributed by atoms with van der Waals surface area (Å²) in [4.78, 5) is 14.7. The predicted octanol–water partition coefficient (Wildman–Crippen LogP) is 1.29. The Balaban J connectivity index is 1.76. The van der Waals surface area contributed by atoms with Crippen molar-refractivity contribution < 1.29 is 13.2 Å². The second-order valence-corrected chi connectivity index (χ2v) is 8.92. The molecule has 0 radical (unpaired) electrons. The van der Waals surface area contributed by atoms with Crippen LogP contribution in [-0.4, -0.2) is 55.9 Å². The second kappa shape index (κ2) is 6.24. The molecule has 1 aromatic rings. The van der Waals surface area contributed by atoms with Crippen LogP contribution in [0.5, 0.6) is 0 Å². The first kappa shape index (κ1) is 16.5. The average Bonchev–Trinajstić information content (AvgIpc) is 3.09. The summed E-state index contributed by atoms with van der Waals surface area (Å²) in [5, 5.41) is 2.96. The first-order chi connectivity index (χ1) is 10.9. The third-order valence-electron chi connectivity index (χ3n) is 5.02. The topological polar surface area (TPSA) is 66.5 Å². The van der Waals surface area contributed by atoms with Crippen LogP contribution < -0.4 is 5.32 Å². The van der Waals surface area contributed by atoms with Gasteiger partial charge in [0, 0.05) is 11.6 Å². The largest absolute Gasteiger partial charge is 0.347 e. The molecule has 23 heavy (non-hydrogen) atoms. The highest BCUT2D eigenvalue weighted by atomic mass is 32.2. The van der Waals surface area contributed by atoms with E-state index in [1.807, 2.05) is 26.0 Å². The fourth-order valence-corrected chi connectivity index (χ4v) is 5.49. The molecule has 2 heterocycles. The molecule has 6 heteroatoms. The highest BCUT2D eigenvalue weighted by Crippen LogP contribution is 2.23. The van der Waals surface area contributed by atoms with Crippen molar-refractivity contribution in [3.8, 4) is 0 Å². The number of nitrogens with zero attached hydrogens (tertiary/aromatic N) is 1. The minimum atomic E-state index is -3.08. The molecule has 0 aliphatic carbocycles. The van der Waals surface area contributed by atoms with E-state index in [4.69, 9.17) is 0 Å². The standard InChI is InChI=1S/C17H24N2O3S/c1-12-5-6-14(9-13(12)2)17(20)18-15-10-23(21,22)11-16(15)19-7-3-4-8-19/h5-6,9,15-16H,3-4,7-8,10-11H2,1-2H3,(H,18,20)/t15-,16-/m0/s1. The zero-order valence-electron chi connectivity index (χ0n) is 13.7. The normalized spacial score (nSPS) is 27.2. The van der Waals surface area contributed by atoms with Gasteiger partial charge in [-0.25, -0.2) is 8.42 Å². The number of sulfone groups is 1. The van der Waals surface area contributed by atoms with E-state index < -0.39 is 9.84 Å². The van der Waals surface area contributed by atoms with Gasteiger partial charge >= 0.3 is 0 Å². The smallest absolute Gasteiger partial charge is 0.251 e. The summed E-state index contributed by atoms with van der Waals surface area (Å²) < 4.78 is 24.1. The van der Waals surface area contributed by atoms with Crippen LogP contribution >= 0.6 is 0 Å². The number of hydrogen-bond donors (Lipinski definition) is 1. The van der Waals surface area contributed by atoms with Gasteiger partial charge in [-0.2, -0.15) is 0 Å². The van der Waals surface area contributed by atoms with Crippen LogP contribution in [0.3, 0.4) is 0 Å². The molecule has 126 valence electrons. The third kappa shape index (κ3) is 3.58. The molecule has 2 saturated heterocycles. The van der Waals surface area contributed by atoms with Crippen LogP contribution in [0.4, 0.5) is 0 Å². The van der Waals surface area contributed by atoms with Gasteiger partial charge < -0.3 is 5.32 Å². The maximum Gasteiger partial charge on any atom is 0.251 e. The SMILES string of the molecule is Cc1ccc(C(=O)N[C@H]2CS(=O)(=O)C[C@@H]2N2CCCC2)cc1C. The third-order valence-corrected chi connectivity index (χ3v) is 6.73. The number of carbonyl (C=O) groups is 1. The zero-order chi connectivity index (χ0) is 16.6. The van der Waals surface area contributed by atoms with Crippen molar-refractivity contribution >= 4 is 15.7 Å². The number of likely N-dealkylation sites (tertiary alicyclic amines) is 1. The molecular weight excluding hydrogens is 312 g/mol. The van der Waals surface area contributed by atoms with Crippen LogP contribution in [-0.2, 0) is 9.84 Å². The molecule has 2 fully saturated rings. The van der Waals surface area contributed by atoms with Gasteiger partial charge in [0.25, 0.3) is 5.91 Å². The number of rotatable bonds is 3. The predicted molar refractivity (Wildman–Crippen MR) is 90.4 cm³/mol. The minimum Gasteiger partial charge on any atom is -0.347 e. The Morgan fingerprint density at radius 2 is 1.83 bits per heavy atom. The Hall–Kier alpha value is -1.40. The Labute approximate surface area is 138 Å². The highest BCUT2D eigenvalue weighted by molar-refractivity contribution is 7.91. The van der Waals surface area contributed by atoms with Crippen LogP contribution in [0.15, 0.2) is 18.2 Å². The quantitative estimate of drug-likeness (QED) is 0.903. The van der Waals surface area contributed by atoms with E-state index in [0.29, 0.717) is 5.56 Å². The van der Waals surface area contributed by atoms with Crippen LogP contribution in [0.2, 0.25) is 0 Å². The van der Waals surface area contributed by atoms with Gasteiger partial charge in [0.05, 0.1) is 17.5 Å². The lowest BCUT2D eigenvalue weighted by Crippen LogP contribution is -2.50. The van der Waals surface area contributed by atoms with Crippen LogP contribution in [0.25, 0.3) is 0 Å². The fraction of sp³-hybridized carbons (Fsp3) is 0.588.